The van der Waals surface area contributed by atoms with E-state index in [2.05, 4.69) is 102 Å². The lowest BCUT2D eigenvalue weighted by Gasteiger charge is -2.27. The summed E-state index contributed by atoms with van der Waals surface area (Å²) in [4.78, 5) is 9.27. The number of nitrogens with zero attached hydrogens (tertiary/aromatic N) is 3. The fourth-order valence-corrected chi connectivity index (χ4v) is 5.49. The van der Waals surface area contributed by atoms with Crippen LogP contribution >= 0.6 is 0 Å². The zero-order valence-corrected chi connectivity index (χ0v) is 21.9. The number of pyridine rings is 2. The highest BCUT2D eigenvalue weighted by Crippen LogP contribution is 2.39. The van der Waals surface area contributed by atoms with E-state index in [0.29, 0.717) is 5.88 Å². The molecule has 4 nitrogen and oxygen atoms in total. The SMILES string of the molecule is CC(C)(c1cccc(Oc2ccccn2)c1)c1ccc2c3ccccc3n3c(-c4ccccc4)cnc3c2c1. The Labute approximate surface area is 227 Å². The van der Waals surface area contributed by atoms with E-state index < -0.39 is 0 Å². The molecule has 7 rings (SSSR count). The third-order valence-corrected chi connectivity index (χ3v) is 7.66. The zero-order chi connectivity index (χ0) is 26.4. The van der Waals surface area contributed by atoms with E-state index in [4.69, 9.17) is 9.72 Å². The summed E-state index contributed by atoms with van der Waals surface area (Å²) in [6.45, 7) is 4.51. The van der Waals surface area contributed by atoms with E-state index in [1.165, 1.54) is 21.9 Å². The van der Waals surface area contributed by atoms with Crippen LogP contribution in [0, 0.1) is 0 Å². The van der Waals surface area contributed by atoms with Crippen LogP contribution in [-0.4, -0.2) is 14.4 Å². The summed E-state index contributed by atoms with van der Waals surface area (Å²) >= 11 is 0. The number of imidazole rings is 1. The van der Waals surface area contributed by atoms with Gasteiger partial charge in [0.25, 0.3) is 0 Å². The number of rotatable bonds is 5. The molecule has 0 atom stereocenters. The first-order valence-electron chi connectivity index (χ1n) is 13.2. The van der Waals surface area contributed by atoms with E-state index in [9.17, 15) is 0 Å². The Hall–Kier alpha value is -4.96. The molecule has 0 saturated carbocycles. The Bertz CT molecular complexity index is 1960. The molecule has 0 amide bonds. The normalized spacial score (nSPS) is 11.8. The van der Waals surface area contributed by atoms with Gasteiger partial charge in [0.2, 0.25) is 5.88 Å². The Balaban J connectivity index is 1.40. The number of hydrogen-bond acceptors (Lipinski definition) is 3. The van der Waals surface area contributed by atoms with E-state index in [-0.39, 0.29) is 5.41 Å². The fourth-order valence-electron chi connectivity index (χ4n) is 5.49. The molecule has 0 spiro atoms. The van der Waals surface area contributed by atoms with Crippen molar-refractivity contribution in [1.29, 1.82) is 0 Å². The standard InChI is InChI=1S/C35H27N3O/c1-35(2,25-13-10-14-27(21-25)39-33-17-8-9-20-36-33)26-18-19-28-29-15-6-7-16-31(29)38-32(24-11-4-3-5-12-24)23-37-34(38)30(28)22-26/h3-23H,1-2H3. The minimum Gasteiger partial charge on any atom is -0.439 e. The molecule has 188 valence electrons. The topological polar surface area (TPSA) is 39.4 Å². The van der Waals surface area contributed by atoms with Crippen molar-refractivity contribution in [2.75, 3.05) is 0 Å². The number of ether oxygens (including phenoxy) is 1. The molecule has 3 heterocycles. The first-order valence-corrected chi connectivity index (χ1v) is 13.2. The molecule has 0 saturated heterocycles. The lowest BCUT2D eigenvalue weighted by molar-refractivity contribution is 0.460. The van der Waals surface area contributed by atoms with Crippen LogP contribution in [0.5, 0.6) is 11.6 Å². The molecule has 0 radical (unpaired) electrons. The number of fused-ring (bicyclic) bond motifs is 6. The average molecular weight is 506 g/mol. The Morgan fingerprint density at radius 2 is 1.44 bits per heavy atom. The van der Waals surface area contributed by atoms with Gasteiger partial charge in [-0.25, -0.2) is 9.97 Å². The second kappa shape index (κ2) is 9.10. The number of hydrogen-bond donors (Lipinski definition) is 0. The van der Waals surface area contributed by atoms with Crippen molar-refractivity contribution in [3.63, 3.8) is 0 Å². The molecule has 0 aliphatic rings. The quantitative estimate of drug-likeness (QED) is 0.219. The summed E-state index contributed by atoms with van der Waals surface area (Å²) in [5.41, 5.74) is 6.47. The van der Waals surface area contributed by atoms with Crippen molar-refractivity contribution in [2.24, 2.45) is 0 Å². The summed E-state index contributed by atoms with van der Waals surface area (Å²) in [7, 11) is 0. The van der Waals surface area contributed by atoms with Gasteiger partial charge in [0, 0.05) is 34.0 Å². The van der Waals surface area contributed by atoms with Gasteiger partial charge in [0.05, 0.1) is 17.4 Å². The third kappa shape index (κ3) is 3.93. The minimum atomic E-state index is -0.269. The summed E-state index contributed by atoms with van der Waals surface area (Å²) in [6.07, 6.45) is 3.73. The van der Waals surface area contributed by atoms with Gasteiger partial charge < -0.3 is 4.74 Å². The lowest BCUT2D eigenvalue weighted by Crippen LogP contribution is -2.19. The number of aromatic nitrogens is 3. The van der Waals surface area contributed by atoms with Gasteiger partial charge in [0.15, 0.2) is 0 Å². The van der Waals surface area contributed by atoms with Crippen molar-refractivity contribution in [1.82, 2.24) is 14.4 Å². The Kier molecular flexibility index (Phi) is 5.41. The highest BCUT2D eigenvalue weighted by Gasteiger charge is 2.25. The predicted octanol–water partition coefficient (Wildman–Crippen LogP) is 8.82. The molecular formula is C35H27N3O. The maximum absolute atomic E-state index is 6.05. The van der Waals surface area contributed by atoms with Crippen LogP contribution in [-0.2, 0) is 5.41 Å². The molecule has 4 aromatic carbocycles. The summed E-state index contributed by atoms with van der Waals surface area (Å²) in [5.74, 6) is 1.36. The lowest BCUT2D eigenvalue weighted by atomic mass is 9.77. The van der Waals surface area contributed by atoms with Crippen LogP contribution in [0.2, 0.25) is 0 Å². The summed E-state index contributed by atoms with van der Waals surface area (Å²) in [6, 6.07) is 39.8. The molecule has 0 aliphatic carbocycles. The number of para-hydroxylation sites is 1. The first-order chi connectivity index (χ1) is 19.1. The molecule has 0 unspecified atom stereocenters. The Morgan fingerprint density at radius 3 is 2.28 bits per heavy atom. The molecule has 7 aromatic rings. The highest BCUT2D eigenvalue weighted by molar-refractivity contribution is 6.12. The van der Waals surface area contributed by atoms with Gasteiger partial charge in [-0.3, -0.25) is 4.40 Å². The smallest absolute Gasteiger partial charge is 0.219 e. The maximum atomic E-state index is 6.05. The molecule has 0 fully saturated rings. The Morgan fingerprint density at radius 1 is 0.641 bits per heavy atom. The van der Waals surface area contributed by atoms with Crippen LogP contribution in [0.15, 0.2) is 128 Å². The number of benzene rings is 4. The van der Waals surface area contributed by atoms with Gasteiger partial charge in [-0.2, -0.15) is 0 Å². The van der Waals surface area contributed by atoms with E-state index in [1.54, 1.807) is 6.20 Å². The van der Waals surface area contributed by atoms with Crippen molar-refractivity contribution in [2.45, 2.75) is 19.3 Å². The molecule has 4 heteroatoms. The average Bonchev–Trinajstić information content (AvgIpc) is 3.44. The monoisotopic (exact) mass is 505 g/mol. The largest absolute Gasteiger partial charge is 0.439 e. The van der Waals surface area contributed by atoms with Crippen molar-refractivity contribution in [3.8, 4) is 22.9 Å². The van der Waals surface area contributed by atoms with E-state index >= 15 is 0 Å². The second-order valence-electron chi connectivity index (χ2n) is 10.4. The van der Waals surface area contributed by atoms with Crippen LogP contribution in [0.1, 0.15) is 25.0 Å². The van der Waals surface area contributed by atoms with Crippen molar-refractivity contribution >= 4 is 27.3 Å². The maximum Gasteiger partial charge on any atom is 0.219 e. The first kappa shape index (κ1) is 23.2. The van der Waals surface area contributed by atoms with Crippen LogP contribution in [0.4, 0.5) is 0 Å². The fraction of sp³-hybridized carbons (Fsp3) is 0.0857. The second-order valence-corrected chi connectivity index (χ2v) is 10.4. The molecule has 0 N–H and O–H groups in total. The van der Waals surface area contributed by atoms with Crippen LogP contribution < -0.4 is 4.74 Å². The minimum absolute atomic E-state index is 0.269. The molecule has 3 aromatic heterocycles. The van der Waals surface area contributed by atoms with Gasteiger partial charge in [-0.05, 0) is 46.8 Å². The summed E-state index contributed by atoms with van der Waals surface area (Å²) < 4.78 is 8.34. The van der Waals surface area contributed by atoms with Gasteiger partial charge >= 0.3 is 0 Å². The van der Waals surface area contributed by atoms with Crippen molar-refractivity contribution in [3.05, 3.63) is 139 Å². The highest BCUT2D eigenvalue weighted by atomic mass is 16.5. The summed E-state index contributed by atoms with van der Waals surface area (Å²) in [5, 5.41) is 3.56. The zero-order valence-electron chi connectivity index (χ0n) is 21.9. The van der Waals surface area contributed by atoms with Gasteiger partial charge in [-0.1, -0.05) is 92.7 Å². The van der Waals surface area contributed by atoms with Gasteiger partial charge in [-0.15, -0.1) is 0 Å². The molecule has 0 aliphatic heterocycles. The third-order valence-electron chi connectivity index (χ3n) is 7.66. The van der Waals surface area contributed by atoms with Gasteiger partial charge in [0.1, 0.15) is 11.4 Å². The van der Waals surface area contributed by atoms with Crippen LogP contribution in [0.25, 0.3) is 38.6 Å². The molecular weight excluding hydrogens is 478 g/mol. The van der Waals surface area contributed by atoms with Crippen molar-refractivity contribution < 1.29 is 4.74 Å². The predicted molar refractivity (Wildman–Crippen MR) is 159 cm³/mol. The van der Waals surface area contributed by atoms with Crippen LogP contribution in [0.3, 0.4) is 0 Å². The van der Waals surface area contributed by atoms with E-state index in [0.717, 1.165) is 33.6 Å². The molecule has 0 bridgehead atoms. The van der Waals surface area contributed by atoms with E-state index in [1.807, 2.05) is 42.6 Å². The molecule has 39 heavy (non-hydrogen) atoms.